The SMILES string of the molecule is O=C(O)CCC1CCN(C(=O)NCCCC2CC2)C1. The number of carboxylic acids is 1. The molecule has 1 aliphatic carbocycles. The molecule has 0 radical (unpaired) electrons. The summed E-state index contributed by atoms with van der Waals surface area (Å²) in [4.78, 5) is 24.2. The summed E-state index contributed by atoms with van der Waals surface area (Å²) < 4.78 is 0. The van der Waals surface area contributed by atoms with Gasteiger partial charge in [-0.05, 0) is 37.5 Å². The molecule has 0 bridgehead atoms. The van der Waals surface area contributed by atoms with Gasteiger partial charge >= 0.3 is 12.0 Å². The molecule has 2 N–H and O–H groups in total. The van der Waals surface area contributed by atoms with E-state index in [0.29, 0.717) is 18.9 Å². The van der Waals surface area contributed by atoms with Crippen molar-refractivity contribution < 1.29 is 14.7 Å². The average Bonchev–Trinajstić information content (AvgIpc) is 3.07. The number of nitrogens with one attached hydrogen (secondary N) is 1. The second-order valence-electron chi connectivity index (χ2n) is 5.85. The van der Waals surface area contributed by atoms with Crippen molar-refractivity contribution in [3.05, 3.63) is 0 Å². The van der Waals surface area contributed by atoms with Crippen molar-refractivity contribution in [2.45, 2.75) is 44.9 Å². The highest BCUT2D eigenvalue weighted by atomic mass is 16.4. The molecule has 2 amide bonds. The van der Waals surface area contributed by atoms with Crippen LogP contribution in [0.3, 0.4) is 0 Å². The van der Waals surface area contributed by atoms with Crippen LogP contribution < -0.4 is 5.32 Å². The molecule has 0 spiro atoms. The number of hydrogen-bond acceptors (Lipinski definition) is 2. The number of amides is 2. The predicted octanol–water partition coefficient (Wildman–Crippen LogP) is 2.07. The maximum absolute atomic E-state index is 11.9. The van der Waals surface area contributed by atoms with Gasteiger partial charge in [0.05, 0.1) is 0 Å². The van der Waals surface area contributed by atoms with Crippen LogP contribution in [0.25, 0.3) is 0 Å². The fourth-order valence-electron chi connectivity index (χ4n) is 2.68. The molecular formula is C14H24N2O3. The lowest BCUT2D eigenvalue weighted by Gasteiger charge is -2.17. The van der Waals surface area contributed by atoms with Gasteiger partial charge in [-0.2, -0.15) is 0 Å². The Bertz CT molecular complexity index is 329. The molecule has 0 aromatic carbocycles. The van der Waals surface area contributed by atoms with Crippen molar-refractivity contribution in [3.63, 3.8) is 0 Å². The maximum atomic E-state index is 11.9. The summed E-state index contributed by atoms with van der Waals surface area (Å²) in [5.41, 5.74) is 0. The molecule has 1 heterocycles. The third-order valence-electron chi connectivity index (χ3n) is 4.10. The van der Waals surface area contributed by atoms with Crippen LogP contribution in [-0.4, -0.2) is 41.6 Å². The van der Waals surface area contributed by atoms with Gasteiger partial charge in [0, 0.05) is 26.1 Å². The zero-order valence-corrected chi connectivity index (χ0v) is 11.4. The number of carbonyl (C=O) groups excluding carboxylic acids is 1. The van der Waals surface area contributed by atoms with Crippen LogP contribution in [0.2, 0.25) is 0 Å². The second-order valence-corrected chi connectivity index (χ2v) is 5.85. The number of aliphatic carboxylic acids is 1. The van der Waals surface area contributed by atoms with Crippen molar-refractivity contribution >= 4 is 12.0 Å². The lowest BCUT2D eigenvalue weighted by Crippen LogP contribution is -2.38. The van der Waals surface area contributed by atoms with Crippen molar-refractivity contribution in [2.24, 2.45) is 11.8 Å². The highest BCUT2D eigenvalue weighted by molar-refractivity contribution is 5.74. The van der Waals surface area contributed by atoms with Gasteiger partial charge in [0.15, 0.2) is 0 Å². The third kappa shape index (κ3) is 5.09. The summed E-state index contributed by atoms with van der Waals surface area (Å²) in [6.45, 7) is 2.24. The summed E-state index contributed by atoms with van der Waals surface area (Å²) in [6, 6.07) is 0.0219. The molecule has 1 atom stereocenters. The van der Waals surface area contributed by atoms with E-state index in [0.717, 1.165) is 31.8 Å². The summed E-state index contributed by atoms with van der Waals surface area (Å²) in [5.74, 6) is 0.528. The molecule has 1 aliphatic heterocycles. The minimum absolute atomic E-state index is 0.0219. The molecule has 5 nitrogen and oxygen atoms in total. The zero-order valence-electron chi connectivity index (χ0n) is 11.4. The van der Waals surface area contributed by atoms with Gasteiger partial charge in [0.2, 0.25) is 0 Å². The summed E-state index contributed by atoms with van der Waals surface area (Å²) in [5, 5.41) is 11.6. The molecule has 0 aromatic rings. The number of carboxylic acid groups (broad SMARTS) is 1. The first-order valence-corrected chi connectivity index (χ1v) is 7.39. The average molecular weight is 268 g/mol. The van der Waals surface area contributed by atoms with Gasteiger partial charge in [-0.15, -0.1) is 0 Å². The minimum Gasteiger partial charge on any atom is -0.481 e. The van der Waals surface area contributed by atoms with Crippen molar-refractivity contribution in [1.29, 1.82) is 0 Å². The standard InChI is InChI=1S/C14H24N2O3/c17-13(18)6-5-12-7-9-16(10-12)14(19)15-8-1-2-11-3-4-11/h11-12H,1-10H2,(H,15,19)(H,17,18). The maximum Gasteiger partial charge on any atom is 0.317 e. The van der Waals surface area contributed by atoms with Crippen molar-refractivity contribution in [2.75, 3.05) is 19.6 Å². The number of hydrogen-bond donors (Lipinski definition) is 2. The molecule has 2 rings (SSSR count). The molecule has 2 aliphatic rings. The molecule has 108 valence electrons. The van der Waals surface area contributed by atoms with E-state index in [1.165, 1.54) is 19.3 Å². The van der Waals surface area contributed by atoms with E-state index in [-0.39, 0.29) is 12.5 Å². The van der Waals surface area contributed by atoms with Crippen molar-refractivity contribution in [1.82, 2.24) is 10.2 Å². The van der Waals surface area contributed by atoms with Crippen LogP contribution in [0.15, 0.2) is 0 Å². The summed E-state index contributed by atoms with van der Waals surface area (Å²) in [6.07, 6.45) is 6.87. The molecule has 1 saturated heterocycles. The van der Waals surface area contributed by atoms with E-state index in [2.05, 4.69) is 5.32 Å². The smallest absolute Gasteiger partial charge is 0.317 e. The largest absolute Gasteiger partial charge is 0.481 e. The molecule has 5 heteroatoms. The Balaban J connectivity index is 1.56. The molecule has 0 aromatic heterocycles. The lowest BCUT2D eigenvalue weighted by molar-refractivity contribution is -0.137. The quantitative estimate of drug-likeness (QED) is 0.694. The van der Waals surface area contributed by atoms with Crippen LogP contribution >= 0.6 is 0 Å². The first-order valence-electron chi connectivity index (χ1n) is 7.39. The van der Waals surface area contributed by atoms with Gasteiger partial charge in [-0.1, -0.05) is 12.8 Å². The molecule has 2 fully saturated rings. The van der Waals surface area contributed by atoms with E-state index >= 15 is 0 Å². The van der Waals surface area contributed by atoms with E-state index in [1.807, 2.05) is 4.90 Å². The fourth-order valence-corrected chi connectivity index (χ4v) is 2.68. The topological polar surface area (TPSA) is 69.6 Å². The van der Waals surface area contributed by atoms with Crippen LogP contribution in [0.5, 0.6) is 0 Å². The van der Waals surface area contributed by atoms with Crippen LogP contribution in [0.4, 0.5) is 4.79 Å². The Morgan fingerprint density at radius 2 is 1.95 bits per heavy atom. The summed E-state index contributed by atoms with van der Waals surface area (Å²) >= 11 is 0. The monoisotopic (exact) mass is 268 g/mol. The van der Waals surface area contributed by atoms with Crippen LogP contribution in [0.1, 0.15) is 44.9 Å². The first-order chi connectivity index (χ1) is 9.15. The predicted molar refractivity (Wildman–Crippen MR) is 71.9 cm³/mol. The van der Waals surface area contributed by atoms with Gasteiger partial charge in [0.1, 0.15) is 0 Å². The van der Waals surface area contributed by atoms with E-state index in [1.54, 1.807) is 0 Å². The third-order valence-corrected chi connectivity index (χ3v) is 4.10. The number of urea groups is 1. The van der Waals surface area contributed by atoms with Gasteiger partial charge in [0.25, 0.3) is 0 Å². The van der Waals surface area contributed by atoms with Gasteiger partial charge in [-0.3, -0.25) is 4.79 Å². The second kappa shape index (κ2) is 6.78. The number of carbonyl (C=O) groups is 2. The Morgan fingerprint density at radius 3 is 2.63 bits per heavy atom. The molecule has 1 saturated carbocycles. The van der Waals surface area contributed by atoms with Crippen LogP contribution in [-0.2, 0) is 4.79 Å². The Morgan fingerprint density at radius 1 is 1.16 bits per heavy atom. The number of nitrogens with zero attached hydrogens (tertiary/aromatic N) is 1. The van der Waals surface area contributed by atoms with Crippen LogP contribution in [0, 0.1) is 11.8 Å². The van der Waals surface area contributed by atoms with Crippen molar-refractivity contribution in [3.8, 4) is 0 Å². The van der Waals surface area contributed by atoms with E-state index in [4.69, 9.17) is 5.11 Å². The zero-order chi connectivity index (χ0) is 13.7. The lowest BCUT2D eigenvalue weighted by atomic mass is 10.0. The normalized spacial score (nSPS) is 22.5. The van der Waals surface area contributed by atoms with Gasteiger partial charge < -0.3 is 15.3 Å². The Hall–Kier alpha value is -1.26. The van der Waals surface area contributed by atoms with E-state index < -0.39 is 5.97 Å². The Labute approximate surface area is 114 Å². The number of rotatable bonds is 7. The van der Waals surface area contributed by atoms with E-state index in [9.17, 15) is 9.59 Å². The summed E-state index contributed by atoms with van der Waals surface area (Å²) in [7, 11) is 0. The highest BCUT2D eigenvalue weighted by Gasteiger charge is 2.26. The number of likely N-dealkylation sites (tertiary alicyclic amines) is 1. The molecule has 19 heavy (non-hydrogen) atoms. The molecular weight excluding hydrogens is 244 g/mol. The molecule has 1 unspecified atom stereocenters. The minimum atomic E-state index is -0.747. The highest BCUT2D eigenvalue weighted by Crippen LogP contribution is 2.33. The first kappa shape index (κ1) is 14.2. The Kier molecular flexibility index (Phi) is 5.05. The van der Waals surface area contributed by atoms with Gasteiger partial charge in [-0.25, -0.2) is 4.79 Å². The fraction of sp³-hybridized carbons (Fsp3) is 0.857.